The van der Waals surface area contributed by atoms with Gasteiger partial charge in [-0.2, -0.15) is 0 Å². The Morgan fingerprint density at radius 2 is 2.19 bits per heavy atom. The minimum atomic E-state index is 0.403. The SMILES string of the molecule is CCNCC1(CC2Cc3ccccc3O2)CC2CCC1C2. The molecule has 0 radical (unpaired) electrons. The molecule has 2 saturated carbocycles. The van der Waals surface area contributed by atoms with Crippen LogP contribution in [0.1, 0.15) is 44.6 Å². The molecule has 1 aromatic carbocycles. The van der Waals surface area contributed by atoms with Gasteiger partial charge in [0, 0.05) is 13.0 Å². The van der Waals surface area contributed by atoms with Crippen molar-refractivity contribution >= 4 is 0 Å². The molecule has 21 heavy (non-hydrogen) atoms. The van der Waals surface area contributed by atoms with Crippen LogP contribution in [0, 0.1) is 17.3 Å². The van der Waals surface area contributed by atoms with Crippen LogP contribution < -0.4 is 10.1 Å². The van der Waals surface area contributed by atoms with Gasteiger partial charge < -0.3 is 10.1 Å². The molecule has 2 fully saturated rings. The summed E-state index contributed by atoms with van der Waals surface area (Å²) in [5.41, 5.74) is 1.91. The Morgan fingerprint density at radius 3 is 2.90 bits per heavy atom. The van der Waals surface area contributed by atoms with Gasteiger partial charge in [0.2, 0.25) is 0 Å². The highest BCUT2D eigenvalue weighted by atomic mass is 16.5. The minimum absolute atomic E-state index is 0.403. The van der Waals surface area contributed by atoms with E-state index in [1.54, 1.807) is 0 Å². The summed E-state index contributed by atoms with van der Waals surface area (Å²) in [6.07, 6.45) is 8.60. The molecule has 4 atom stereocenters. The molecule has 0 aromatic heterocycles. The zero-order valence-corrected chi connectivity index (χ0v) is 13.1. The maximum absolute atomic E-state index is 6.25. The summed E-state index contributed by atoms with van der Waals surface area (Å²) in [7, 11) is 0. The van der Waals surface area contributed by atoms with Gasteiger partial charge in [-0.05, 0) is 61.1 Å². The number of fused-ring (bicyclic) bond motifs is 3. The third-order valence-corrected chi connectivity index (χ3v) is 6.18. The van der Waals surface area contributed by atoms with Crippen LogP contribution in [-0.2, 0) is 6.42 Å². The molecule has 4 rings (SSSR count). The maximum atomic E-state index is 6.25. The molecule has 114 valence electrons. The minimum Gasteiger partial charge on any atom is -0.490 e. The van der Waals surface area contributed by atoms with E-state index in [4.69, 9.17) is 4.74 Å². The fourth-order valence-electron chi connectivity index (χ4n) is 5.29. The Morgan fingerprint density at radius 1 is 1.29 bits per heavy atom. The van der Waals surface area contributed by atoms with Crippen molar-refractivity contribution in [2.75, 3.05) is 13.1 Å². The summed E-state index contributed by atoms with van der Waals surface area (Å²) in [6.45, 7) is 4.51. The average Bonchev–Trinajstić information content (AvgIpc) is 3.18. The first-order valence-electron chi connectivity index (χ1n) is 8.74. The van der Waals surface area contributed by atoms with E-state index in [0.717, 1.165) is 30.6 Å². The van der Waals surface area contributed by atoms with E-state index in [9.17, 15) is 0 Å². The third-order valence-electron chi connectivity index (χ3n) is 6.18. The van der Waals surface area contributed by atoms with Crippen LogP contribution >= 0.6 is 0 Å². The van der Waals surface area contributed by atoms with Gasteiger partial charge in [0.05, 0.1) is 0 Å². The smallest absolute Gasteiger partial charge is 0.123 e. The molecule has 2 aliphatic carbocycles. The zero-order valence-electron chi connectivity index (χ0n) is 13.1. The summed E-state index contributed by atoms with van der Waals surface area (Å²) in [5, 5.41) is 3.66. The lowest BCUT2D eigenvalue weighted by molar-refractivity contribution is 0.0798. The Labute approximate surface area is 128 Å². The van der Waals surface area contributed by atoms with Crippen molar-refractivity contribution in [3.05, 3.63) is 29.8 Å². The molecule has 1 heterocycles. The summed E-state index contributed by atoms with van der Waals surface area (Å²) < 4.78 is 6.25. The number of ether oxygens (including phenoxy) is 1. The van der Waals surface area contributed by atoms with Gasteiger partial charge in [0.1, 0.15) is 11.9 Å². The van der Waals surface area contributed by atoms with Crippen molar-refractivity contribution < 1.29 is 4.74 Å². The van der Waals surface area contributed by atoms with E-state index in [0.29, 0.717) is 11.5 Å². The van der Waals surface area contributed by atoms with Crippen LogP contribution in [0.15, 0.2) is 24.3 Å². The normalized spacial score (nSPS) is 36.7. The second-order valence-corrected chi connectivity index (χ2v) is 7.48. The molecule has 1 aliphatic heterocycles. The first-order valence-corrected chi connectivity index (χ1v) is 8.74. The number of para-hydroxylation sites is 1. The van der Waals surface area contributed by atoms with Crippen LogP contribution in [0.4, 0.5) is 0 Å². The van der Waals surface area contributed by atoms with Gasteiger partial charge in [-0.3, -0.25) is 0 Å². The number of hydrogen-bond acceptors (Lipinski definition) is 2. The van der Waals surface area contributed by atoms with Crippen molar-refractivity contribution in [1.82, 2.24) is 5.32 Å². The summed E-state index contributed by atoms with van der Waals surface area (Å²) in [4.78, 5) is 0. The van der Waals surface area contributed by atoms with Crippen LogP contribution in [-0.4, -0.2) is 19.2 Å². The topological polar surface area (TPSA) is 21.3 Å². The van der Waals surface area contributed by atoms with E-state index in [1.807, 2.05) is 0 Å². The molecule has 2 nitrogen and oxygen atoms in total. The molecule has 0 spiro atoms. The number of nitrogens with one attached hydrogen (secondary N) is 1. The highest BCUT2D eigenvalue weighted by molar-refractivity contribution is 5.37. The summed E-state index contributed by atoms with van der Waals surface area (Å²) in [6, 6.07) is 8.59. The fourth-order valence-corrected chi connectivity index (χ4v) is 5.29. The van der Waals surface area contributed by atoms with Crippen LogP contribution in [0.25, 0.3) is 0 Å². The predicted molar refractivity (Wildman–Crippen MR) is 85.6 cm³/mol. The molecule has 2 bridgehead atoms. The second-order valence-electron chi connectivity index (χ2n) is 7.48. The third kappa shape index (κ3) is 2.38. The first-order chi connectivity index (χ1) is 10.3. The molecule has 1 aromatic rings. The van der Waals surface area contributed by atoms with E-state index >= 15 is 0 Å². The lowest BCUT2D eigenvalue weighted by Gasteiger charge is -2.39. The monoisotopic (exact) mass is 285 g/mol. The van der Waals surface area contributed by atoms with Crippen LogP contribution in [0.3, 0.4) is 0 Å². The molecule has 2 heteroatoms. The molecule has 0 amide bonds. The van der Waals surface area contributed by atoms with Gasteiger partial charge in [-0.1, -0.05) is 31.5 Å². The molecular formula is C19H27NO. The molecule has 4 unspecified atom stereocenters. The molecule has 0 saturated heterocycles. The summed E-state index contributed by atoms with van der Waals surface area (Å²) in [5.74, 6) is 3.07. The van der Waals surface area contributed by atoms with E-state index in [1.165, 1.54) is 44.2 Å². The van der Waals surface area contributed by atoms with Crippen molar-refractivity contribution in [1.29, 1.82) is 0 Å². The number of benzene rings is 1. The largest absolute Gasteiger partial charge is 0.490 e. The lowest BCUT2D eigenvalue weighted by atomic mass is 9.69. The Bertz CT molecular complexity index is 489. The lowest BCUT2D eigenvalue weighted by Crippen LogP contribution is -2.42. The molecule has 3 aliphatic rings. The summed E-state index contributed by atoms with van der Waals surface area (Å²) >= 11 is 0. The van der Waals surface area contributed by atoms with Crippen LogP contribution in [0.2, 0.25) is 0 Å². The van der Waals surface area contributed by atoms with Gasteiger partial charge in [0.15, 0.2) is 0 Å². The molecule has 1 N–H and O–H groups in total. The van der Waals surface area contributed by atoms with Gasteiger partial charge in [0.25, 0.3) is 0 Å². The van der Waals surface area contributed by atoms with E-state index in [-0.39, 0.29) is 0 Å². The second kappa shape index (κ2) is 5.31. The van der Waals surface area contributed by atoms with Crippen molar-refractivity contribution in [2.45, 2.75) is 51.6 Å². The Hall–Kier alpha value is -1.02. The van der Waals surface area contributed by atoms with Crippen LogP contribution in [0.5, 0.6) is 5.75 Å². The number of hydrogen-bond donors (Lipinski definition) is 1. The first kappa shape index (κ1) is 13.6. The fraction of sp³-hybridized carbons (Fsp3) is 0.684. The quantitative estimate of drug-likeness (QED) is 0.888. The van der Waals surface area contributed by atoms with Gasteiger partial charge in [-0.15, -0.1) is 0 Å². The zero-order chi connectivity index (χ0) is 14.3. The van der Waals surface area contributed by atoms with Gasteiger partial charge in [-0.25, -0.2) is 0 Å². The Kier molecular flexibility index (Phi) is 3.45. The highest BCUT2D eigenvalue weighted by Gasteiger charge is 2.51. The van der Waals surface area contributed by atoms with Crippen molar-refractivity contribution in [2.24, 2.45) is 17.3 Å². The molecular weight excluding hydrogens is 258 g/mol. The predicted octanol–water partition coefficient (Wildman–Crippen LogP) is 3.80. The Balaban J connectivity index is 1.49. The van der Waals surface area contributed by atoms with E-state index < -0.39 is 0 Å². The number of rotatable bonds is 5. The average molecular weight is 285 g/mol. The van der Waals surface area contributed by atoms with Gasteiger partial charge >= 0.3 is 0 Å². The van der Waals surface area contributed by atoms with E-state index in [2.05, 4.69) is 36.5 Å². The van der Waals surface area contributed by atoms with Crippen molar-refractivity contribution in [3.8, 4) is 5.75 Å². The standard InChI is InChI=1S/C19H27NO/c1-2-20-13-19(11-14-7-8-16(19)9-14)12-17-10-15-5-3-4-6-18(15)21-17/h3-6,14,16-17,20H,2,7-13H2,1H3. The maximum Gasteiger partial charge on any atom is 0.123 e. The highest BCUT2D eigenvalue weighted by Crippen LogP contribution is 2.58. The van der Waals surface area contributed by atoms with Crippen molar-refractivity contribution in [3.63, 3.8) is 0 Å².